The van der Waals surface area contributed by atoms with Crippen LogP contribution < -0.4 is 0 Å². The van der Waals surface area contributed by atoms with Crippen LogP contribution in [0.4, 0.5) is 0 Å². The average molecular weight is 240 g/mol. The Balaban J connectivity index is 2.43. The van der Waals surface area contributed by atoms with Crippen molar-refractivity contribution in [1.82, 2.24) is 9.80 Å². The molecule has 1 aliphatic rings. The van der Waals surface area contributed by atoms with Crippen LogP contribution in [0.2, 0.25) is 0 Å². The maximum absolute atomic E-state index is 12.2. The largest absolute Gasteiger partial charge is 0.340 e. The standard InChI is InChI=1S/C14H28N2O/c1-5-12(4)15-8-10-16(11-9-15)14(17)13(6-2)7-3/h12-13H,5-11H2,1-4H3. The number of carbonyl (C=O) groups is 1. The van der Waals surface area contributed by atoms with Gasteiger partial charge in [-0.05, 0) is 26.2 Å². The van der Waals surface area contributed by atoms with Crippen LogP contribution >= 0.6 is 0 Å². The van der Waals surface area contributed by atoms with Crippen molar-refractivity contribution in [3.8, 4) is 0 Å². The van der Waals surface area contributed by atoms with Crippen LogP contribution in [0.5, 0.6) is 0 Å². The molecule has 0 radical (unpaired) electrons. The van der Waals surface area contributed by atoms with Gasteiger partial charge in [0.25, 0.3) is 0 Å². The second kappa shape index (κ2) is 7.00. The summed E-state index contributed by atoms with van der Waals surface area (Å²) in [6.45, 7) is 12.6. The lowest BCUT2D eigenvalue weighted by Gasteiger charge is -2.39. The van der Waals surface area contributed by atoms with Crippen molar-refractivity contribution in [2.75, 3.05) is 26.2 Å². The Morgan fingerprint density at radius 2 is 1.53 bits per heavy atom. The van der Waals surface area contributed by atoms with E-state index in [4.69, 9.17) is 0 Å². The smallest absolute Gasteiger partial charge is 0.225 e. The van der Waals surface area contributed by atoms with E-state index < -0.39 is 0 Å². The van der Waals surface area contributed by atoms with Gasteiger partial charge in [0, 0.05) is 38.1 Å². The van der Waals surface area contributed by atoms with Gasteiger partial charge >= 0.3 is 0 Å². The highest BCUT2D eigenvalue weighted by molar-refractivity contribution is 5.78. The first-order valence-electron chi connectivity index (χ1n) is 7.16. The lowest BCUT2D eigenvalue weighted by Crippen LogP contribution is -2.52. The molecule has 1 atom stereocenters. The van der Waals surface area contributed by atoms with Gasteiger partial charge < -0.3 is 4.90 Å². The van der Waals surface area contributed by atoms with Crippen molar-refractivity contribution < 1.29 is 4.79 Å². The predicted molar refractivity (Wildman–Crippen MR) is 72.0 cm³/mol. The highest BCUT2D eigenvalue weighted by atomic mass is 16.2. The molecule has 0 aromatic rings. The Labute approximate surface area is 106 Å². The molecule has 0 bridgehead atoms. The molecule has 0 spiro atoms. The van der Waals surface area contributed by atoms with E-state index >= 15 is 0 Å². The molecule has 1 heterocycles. The summed E-state index contributed by atoms with van der Waals surface area (Å²) in [5.41, 5.74) is 0. The molecule has 3 heteroatoms. The van der Waals surface area contributed by atoms with Crippen LogP contribution in [0, 0.1) is 5.92 Å². The van der Waals surface area contributed by atoms with Crippen molar-refractivity contribution in [3.63, 3.8) is 0 Å². The Hall–Kier alpha value is -0.570. The van der Waals surface area contributed by atoms with E-state index in [2.05, 4.69) is 37.5 Å². The number of rotatable bonds is 5. The third kappa shape index (κ3) is 3.70. The fraction of sp³-hybridized carbons (Fsp3) is 0.929. The zero-order chi connectivity index (χ0) is 12.8. The molecule has 1 rings (SSSR count). The summed E-state index contributed by atoms with van der Waals surface area (Å²) in [6, 6.07) is 0.653. The molecule has 0 aliphatic carbocycles. The summed E-state index contributed by atoms with van der Waals surface area (Å²) >= 11 is 0. The maximum Gasteiger partial charge on any atom is 0.225 e. The van der Waals surface area contributed by atoms with Crippen molar-refractivity contribution in [1.29, 1.82) is 0 Å². The number of hydrogen-bond donors (Lipinski definition) is 0. The Morgan fingerprint density at radius 3 is 1.94 bits per heavy atom. The predicted octanol–water partition coefficient (Wildman–Crippen LogP) is 2.37. The van der Waals surface area contributed by atoms with E-state index in [1.807, 2.05) is 0 Å². The fourth-order valence-corrected chi connectivity index (χ4v) is 2.54. The molecule has 100 valence electrons. The first-order chi connectivity index (χ1) is 8.13. The molecule has 1 fully saturated rings. The number of hydrogen-bond acceptors (Lipinski definition) is 2. The summed E-state index contributed by atoms with van der Waals surface area (Å²) in [5, 5.41) is 0. The molecule has 1 amide bonds. The Bertz CT molecular complexity index is 230. The molecule has 0 N–H and O–H groups in total. The van der Waals surface area contributed by atoms with Crippen molar-refractivity contribution >= 4 is 5.91 Å². The minimum Gasteiger partial charge on any atom is -0.340 e. The third-order valence-corrected chi connectivity index (χ3v) is 4.17. The second-order valence-corrected chi connectivity index (χ2v) is 5.13. The third-order valence-electron chi connectivity index (χ3n) is 4.17. The van der Waals surface area contributed by atoms with Crippen molar-refractivity contribution in [2.45, 2.75) is 53.0 Å². The molecular formula is C14H28N2O. The minimum absolute atomic E-state index is 0.241. The van der Waals surface area contributed by atoms with Gasteiger partial charge in [-0.25, -0.2) is 0 Å². The van der Waals surface area contributed by atoms with Crippen molar-refractivity contribution in [2.24, 2.45) is 5.92 Å². The van der Waals surface area contributed by atoms with Crippen LogP contribution in [-0.4, -0.2) is 47.9 Å². The number of amides is 1. The second-order valence-electron chi connectivity index (χ2n) is 5.13. The van der Waals surface area contributed by atoms with Crippen LogP contribution in [0.1, 0.15) is 47.0 Å². The first kappa shape index (κ1) is 14.5. The van der Waals surface area contributed by atoms with Gasteiger partial charge in [0.15, 0.2) is 0 Å². The van der Waals surface area contributed by atoms with Gasteiger partial charge in [-0.2, -0.15) is 0 Å². The SMILES string of the molecule is CCC(CC)C(=O)N1CCN(C(C)CC)CC1. The average Bonchev–Trinajstić information content (AvgIpc) is 2.39. The van der Waals surface area contributed by atoms with Gasteiger partial charge in [0.2, 0.25) is 5.91 Å². The summed E-state index contributed by atoms with van der Waals surface area (Å²) in [7, 11) is 0. The molecule has 1 saturated heterocycles. The van der Waals surface area contributed by atoms with E-state index in [1.165, 1.54) is 6.42 Å². The number of carbonyl (C=O) groups excluding carboxylic acids is 1. The summed E-state index contributed by atoms with van der Waals surface area (Å²) in [4.78, 5) is 16.8. The molecule has 0 aromatic carbocycles. The molecule has 0 aromatic heterocycles. The first-order valence-corrected chi connectivity index (χ1v) is 7.16. The van der Waals surface area contributed by atoms with Gasteiger partial charge in [0.1, 0.15) is 0 Å². The Kier molecular flexibility index (Phi) is 5.96. The molecule has 3 nitrogen and oxygen atoms in total. The molecule has 0 saturated carbocycles. The van der Waals surface area contributed by atoms with E-state index in [0.29, 0.717) is 11.9 Å². The van der Waals surface area contributed by atoms with Crippen LogP contribution in [0.15, 0.2) is 0 Å². The minimum atomic E-state index is 0.241. The molecule has 1 aliphatic heterocycles. The van der Waals surface area contributed by atoms with E-state index in [9.17, 15) is 4.79 Å². The molecule has 1 unspecified atom stereocenters. The van der Waals surface area contributed by atoms with E-state index in [0.717, 1.165) is 39.0 Å². The van der Waals surface area contributed by atoms with Gasteiger partial charge in [0.05, 0.1) is 0 Å². The topological polar surface area (TPSA) is 23.6 Å². The summed E-state index contributed by atoms with van der Waals surface area (Å²) in [5.74, 6) is 0.615. The Morgan fingerprint density at radius 1 is 1.00 bits per heavy atom. The molecule has 17 heavy (non-hydrogen) atoms. The van der Waals surface area contributed by atoms with E-state index in [1.54, 1.807) is 0 Å². The maximum atomic E-state index is 12.2. The number of piperazine rings is 1. The van der Waals surface area contributed by atoms with Crippen LogP contribution in [0.25, 0.3) is 0 Å². The van der Waals surface area contributed by atoms with Gasteiger partial charge in [-0.15, -0.1) is 0 Å². The summed E-state index contributed by atoms with van der Waals surface area (Å²) < 4.78 is 0. The highest BCUT2D eigenvalue weighted by Gasteiger charge is 2.26. The lowest BCUT2D eigenvalue weighted by atomic mass is 10.0. The normalized spacial score (nSPS) is 19.7. The highest BCUT2D eigenvalue weighted by Crippen LogP contribution is 2.15. The summed E-state index contributed by atoms with van der Waals surface area (Å²) in [6.07, 6.45) is 3.14. The van der Waals surface area contributed by atoms with Gasteiger partial charge in [-0.1, -0.05) is 20.8 Å². The van der Waals surface area contributed by atoms with Crippen LogP contribution in [-0.2, 0) is 4.79 Å². The zero-order valence-electron chi connectivity index (χ0n) is 11.9. The fourth-order valence-electron chi connectivity index (χ4n) is 2.54. The van der Waals surface area contributed by atoms with Crippen LogP contribution in [0.3, 0.4) is 0 Å². The monoisotopic (exact) mass is 240 g/mol. The van der Waals surface area contributed by atoms with Crippen molar-refractivity contribution in [3.05, 3.63) is 0 Å². The zero-order valence-corrected chi connectivity index (χ0v) is 11.9. The molecular weight excluding hydrogens is 212 g/mol. The lowest BCUT2D eigenvalue weighted by molar-refractivity contribution is -0.137. The van der Waals surface area contributed by atoms with E-state index in [-0.39, 0.29) is 5.92 Å². The quantitative estimate of drug-likeness (QED) is 0.736. The number of nitrogens with zero attached hydrogens (tertiary/aromatic N) is 2. The van der Waals surface area contributed by atoms with Gasteiger partial charge in [-0.3, -0.25) is 9.69 Å².